The van der Waals surface area contributed by atoms with Crippen LogP contribution in [0.15, 0.2) is 11.8 Å². The van der Waals surface area contributed by atoms with E-state index in [2.05, 4.69) is 26.8 Å². The molecule has 23 heavy (non-hydrogen) atoms. The van der Waals surface area contributed by atoms with E-state index in [4.69, 9.17) is 9.47 Å². The summed E-state index contributed by atoms with van der Waals surface area (Å²) in [6.07, 6.45) is 10.2. The molecule has 0 aromatic carbocycles. The molecular formula is C20H32O3. The van der Waals surface area contributed by atoms with Crippen molar-refractivity contribution in [2.45, 2.75) is 65.7 Å². The van der Waals surface area contributed by atoms with Crippen LogP contribution in [0, 0.1) is 28.6 Å². The number of ether oxygens (including phenoxy) is 2. The second-order valence-electron chi connectivity index (χ2n) is 8.56. The Bertz CT molecular complexity index is 497. The first kappa shape index (κ1) is 16.9. The molecule has 2 fully saturated rings. The van der Waals surface area contributed by atoms with Gasteiger partial charge in [-0.15, -0.1) is 0 Å². The van der Waals surface area contributed by atoms with Crippen LogP contribution < -0.4 is 0 Å². The molecule has 3 aliphatic rings. The highest BCUT2D eigenvalue weighted by molar-refractivity contribution is 5.71. The minimum absolute atomic E-state index is 0.0102. The largest absolute Gasteiger partial charge is 0.501 e. The number of carbonyl (C=O) groups is 1. The van der Waals surface area contributed by atoms with Crippen molar-refractivity contribution in [2.75, 3.05) is 13.7 Å². The van der Waals surface area contributed by atoms with Crippen molar-refractivity contribution in [3.63, 3.8) is 0 Å². The van der Waals surface area contributed by atoms with Gasteiger partial charge in [-0.05, 0) is 61.9 Å². The van der Waals surface area contributed by atoms with Gasteiger partial charge in [0.2, 0.25) is 0 Å². The predicted octanol–water partition coefficient (Wildman–Crippen LogP) is 4.71. The fourth-order valence-electron chi connectivity index (χ4n) is 5.65. The molecule has 3 rings (SSSR count). The molecule has 2 aliphatic carbocycles. The van der Waals surface area contributed by atoms with Crippen LogP contribution in [0.5, 0.6) is 0 Å². The van der Waals surface area contributed by atoms with Gasteiger partial charge >= 0.3 is 5.97 Å². The van der Waals surface area contributed by atoms with E-state index < -0.39 is 0 Å². The third-order valence-electron chi connectivity index (χ3n) is 7.38. The van der Waals surface area contributed by atoms with Crippen molar-refractivity contribution in [2.24, 2.45) is 28.6 Å². The normalized spacial score (nSPS) is 43.6. The fraction of sp³-hybridized carbons (Fsp3) is 0.850. The molecule has 1 saturated heterocycles. The summed E-state index contributed by atoms with van der Waals surface area (Å²) in [5.41, 5.74) is 0.521. The molecule has 1 heterocycles. The smallest absolute Gasteiger partial charge is 0.306 e. The molecule has 0 aromatic rings. The number of esters is 1. The summed E-state index contributed by atoms with van der Waals surface area (Å²) < 4.78 is 10.9. The second kappa shape index (κ2) is 6.14. The summed E-state index contributed by atoms with van der Waals surface area (Å²) >= 11 is 0. The zero-order valence-corrected chi connectivity index (χ0v) is 15.2. The molecule has 1 saturated carbocycles. The first-order valence-electron chi connectivity index (χ1n) is 9.30. The van der Waals surface area contributed by atoms with Gasteiger partial charge in [-0.3, -0.25) is 4.79 Å². The summed E-state index contributed by atoms with van der Waals surface area (Å²) in [7, 11) is 1.83. The molecule has 3 heteroatoms. The topological polar surface area (TPSA) is 35.5 Å². The van der Waals surface area contributed by atoms with E-state index in [-0.39, 0.29) is 11.4 Å². The molecule has 1 aliphatic heterocycles. The number of hydrogen-bond donors (Lipinski definition) is 0. The van der Waals surface area contributed by atoms with Crippen LogP contribution in [0.25, 0.3) is 0 Å². The first-order chi connectivity index (χ1) is 10.9. The number of allylic oxidation sites excluding steroid dienone is 2. The van der Waals surface area contributed by atoms with Gasteiger partial charge < -0.3 is 9.47 Å². The molecular weight excluding hydrogens is 288 g/mol. The van der Waals surface area contributed by atoms with Gasteiger partial charge in [-0.25, -0.2) is 0 Å². The zero-order chi connectivity index (χ0) is 16.7. The number of hydrogen-bond acceptors (Lipinski definition) is 3. The molecule has 0 radical (unpaired) electrons. The number of fused-ring (bicyclic) bond motifs is 1. The lowest BCUT2D eigenvalue weighted by Crippen LogP contribution is -2.50. The van der Waals surface area contributed by atoms with Crippen LogP contribution in [0.3, 0.4) is 0 Å². The third kappa shape index (κ3) is 2.81. The van der Waals surface area contributed by atoms with E-state index >= 15 is 0 Å². The van der Waals surface area contributed by atoms with E-state index in [0.717, 1.165) is 18.8 Å². The lowest BCUT2D eigenvalue weighted by atomic mass is 9.48. The Labute approximate surface area is 140 Å². The van der Waals surface area contributed by atoms with E-state index in [1.165, 1.54) is 31.4 Å². The predicted molar refractivity (Wildman–Crippen MR) is 90.7 cm³/mol. The van der Waals surface area contributed by atoms with Crippen molar-refractivity contribution >= 4 is 5.97 Å². The van der Waals surface area contributed by atoms with Crippen molar-refractivity contribution in [3.05, 3.63) is 11.8 Å². The Morgan fingerprint density at radius 3 is 2.78 bits per heavy atom. The van der Waals surface area contributed by atoms with Crippen molar-refractivity contribution in [1.82, 2.24) is 0 Å². The number of carbonyl (C=O) groups excluding carboxylic acids is 1. The molecule has 0 spiro atoms. The molecule has 130 valence electrons. The van der Waals surface area contributed by atoms with Gasteiger partial charge in [0.15, 0.2) is 0 Å². The van der Waals surface area contributed by atoms with Gasteiger partial charge in [-0.1, -0.05) is 20.8 Å². The number of rotatable bonds is 4. The minimum atomic E-state index is -0.0102. The molecule has 5 atom stereocenters. The average molecular weight is 320 g/mol. The van der Waals surface area contributed by atoms with Crippen LogP contribution in [0.2, 0.25) is 0 Å². The number of methoxy groups -OCH3 is 1. The molecule has 0 aromatic heterocycles. The lowest BCUT2D eigenvalue weighted by Gasteiger charge is -2.57. The van der Waals surface area contributed by atoms with Crippen LogP contribution in [0.4, 0.5) is 0 Å². The van der Waals surface area contributed by atoms with E-state index in [9.17, 15) is 4.79 Å². The fourth-order valence-corrected chi connectivity index (χ4v) is 5.65. The summed E-state index contributed by atoms with van der Waals surface area (Å²) in [6, 6.07) is 0. The highest BCUT2D eigenvalue weighted by Crippen LogP contribution is 2.62. The Hall–Kier alpha value is -0.990. The molecule has 3 nitrogen and oxygen atoms in total. The lowest BCUT2D eigenvalue weighted by molar-refractivity contribution is -0.137. The molecule has 0 unspecified atom stereocenters. The van der Waals surface area contributed by atoms with Crippen LogP contribution in [0.1, 0.15) is 65.7 Å². The third-order valence-corrected chi connectivity index (χ3v) is 7.38. The van der Waals surface area contributed by atoms with E-state index in [0.29, 0.717) is 30.3 Å². The average Bonchev–Trinajstić information content (AvgIpc) is 2.95. The van der Waals surface area contributed by atoms with Gasteiger partial charge in [-0.2, -0.15) is 0 Å². The molecule has 0 bridgehead atoms. The maximum atomic E-state index is 11.4. The highest BCUT2D eigenvalue weighted by atomic mass is 16.5. The Kier molecular flexibility index (Phi) is 4.50. The zero-order valence-electron chi connectivity index (χ0n) is 15.2. The van der Waals surface area contributed by atoms with Gasteiger partial charge in [0.05, 0.1) is 25.9 Å². The Morgan fingerprint density at radius 1 is 1.35 bits per heavy atom. The summed E-state index contributed by atoms with van der Waals surface area (Å²) in [5.74, 6) is 3.04. The van der Waals surface area contributed by atoms with Crippen LogP contribution in [-0.2, 0) is 14.3 Å². The second-order valence-corrected chi connectivity index (χ2v) is 8.56. The maximum absolute atomic E-state index is 11.4. The minimum Gasteiger partial charge on any atom is -0.501 e. The van der Waals surface area contributed by atoms with E-state index in [1.54, 1.807) is 0 Å². The summed E-state index contributed by atoms with van der Waals surface area (Å²) in [4.78, 5) is 11.4. The van der Waals surface area contributed by atoms with Crippen molar-refractivity contribution in [3.8, 4) is 0 Å². The van der Waals surface area contributed by atoms with E-state index in [1.807, 2.05) is 7.11 Å². The van der Waals surface area contributed by atoms with Crippen molar-refractivity contribution in [1.29, 1.82) is 0 Å². The van der Waals surface area contributed by atoms with Gasteiger partial charge in [0.25, 0.3) is 0 Å². The Balaban J connectivity index is 1.78. The van der Waals surface area contributed by atoms with Crippen LogP contribution >= 0.6 is 0 Å². The monoisotopic (exact) mass is 320 g/mol. The maximum Gasteiger partial charge on any atom is 0.306 e. The Morgan fingerprint density at radius 2 is 2.13 bits per heavy atom. The summed E-state index contributed by atoms with van der Waals surface area (Å²) in [5, 5.41) is 0. The van der Waals surface area contributed by atoms with Gasteiger partial charge in [0.1, 0.15) is 0 Å². The van der Waals surface area contributed by atoms with Gasteiger partial charge in [0, 0.05) is 11.3 Å². The first-order valence-corrected chi connectivity index (χ1v) is 9.30. The summed E-state index contributed by atoms with van der Waals surface area (Å²) in [6.45, 7) is 7.98. The number of cyclic esters (lactones) is 1. The standard InChI is InChI=1S/C20H32O3/c1-14-8-10-20(3)16(6-5-7-17(20)22-4)19(14,2)11-9-15-12-18(21)23-13-15/h7,14-16H,5-6,8-13H2,1-4H3/t14-,15-,16-,19+,20-/m1/s1. The van der Waals surface area contributed by atoms with Crippen LogP contribution in [-0.4, -0.2) is 19.7 Å². The quantitative estimate of drug-likeness (QED) is 0.704. The van der Waals surface area contributed by atoms with Crippen molar-refractivity contribution < 1.29 is 14.3 Å². The SMILES string of the molecule is COC1=CCC[C@@H]2[C@@](C)(CC[C@H]3COC(=O)C3)[C@H](C)CC[C@@]12C. The highest BCUT2D eigenvalue weighted by Gasteiger charge is 2.54. The molecule has 0 N–H and O–H groups in total. The molecule has 0 amide bonds.